The summed E-state index contributed by atoms with van der Waals surface area (Å²) in [5.74, 6) is 0.475. The van der Waals surface area contributed by atoms with E-state index < -0.39 is 5.60 Å². The lowest BCUT2D eigenvalue weighted by atomic mass is 10.0. The van der Waals surface area contributed by atoms with Gasteiger partial charge in [0.2, 0.25) is 0 Å². The van der Waals surface area contributed by atoms with Crippen LogP contribution >= 0.6 is 0 Å². The molecule has 1 heterocycles. The third-order valence-electron chi connectivity index (χ3n) is 3.40. The van der Waals surface area contributed by atoms with Crippen LogP contribution in [0.1, 0.15) is 40.0 Å². The summed E-state index contributed by atoms with van der Waals surface area (Å²) in [4.78, 5) is 13.7. The molecule has 0 spiro atoms. The number of amides is 1. The van der Waals surface area contributed by atoms with E-state index in [1.54, 1.807) is 4.90 Å². The largest absolute Gasteiger partial charge is 0.444 e. The van der Waals surface area contributed by atoms with Gasteiger partial charge in [-0.3, -0.25) is 0 Å². The Bertz CT molecular complexity index is 284. The normalized spacial score (nSPS) is 34.0. The standard InChI is InChI=1S/C12H21NO3/c1-12(2,3)16-11(15)13-5-4-8-6-9(14)7-10(8)13/h8-10,14H,4-7H2,1-3H3/t8-,9+,10+/m1/s1. The van der Waals surface area contributed by atoms with Crippen LogP contribution in [0.4, 0.5) is 4.79 Å². The zero-order valence-corrected chi connectivity index (χ0v) is 10.3. The zero-order valence-electron chi connectivity index (χ0n) is 10.3. The van der Waals surface area contributed by atoms with Gasteiger partial charge < -0.3 is 14.7 Å². The predicted molar refractivity (Wildman–Crippen MR) is 60.1 cm³/mol. The summed E-state index contributed by atoms with van der Waals surface area (Å²) < 4.78 is 5.37. The molecule has 1 N–H and O–H groups in total. The van der Waals surface area contributed by atoms with Crippen LogP contribution in [0.2, 0.25) is 0 Å². The highest BCUT2D eigenvalue weighted by Gasteiger charge is 2.44. The molecule has 1 saturated heterocycles. The summed E-state index contributed by atoms with van der Waals surface area (Å²) in [6.07, 6.45) is 2.09. The average molecular weight is 227 g/mol. The first-order chi connectivity index (χ1) is 7.37. The fourth-order valence-corrected chi connectivity index (χ4v) is 2.78. The molecular formula is C12H21NO3. The molecule has 2 fully saturated rings. The van der Waals surface area contributed by atoms with Crippen LogP contribution in [0.15, 0.2) is 0 Å². The lowest BCUT2D eigenvalue weighted by Crippen LogP contribution is -2.40. The van der Waals surface area contributed by atoms with Gasteiger partial charge in [-0.05, 0) is 46.0 Å². The molecule has 4 nitrogen and oxygen atoms in total. The molecule has 16 heavy (non-hydrogen) atoms. The maximum atomic E-state index is 11.9. The van der Waals surface area contributed by atoms with Gasteiger partial charge in [0.05, 0.1) is 6.10 Å². The Balaban J connectivity index is 1.98. The number of ether oxygens (including phenoxy) is 1. The van der Waals surface area contributed by atoms with E-state index in [1.165, 1.54) is 0 Å². The average Bonchev–Trinajstić information content (AvgIpc) is 2.58. The molecule has 0 aromatic rings. The maximum Gasteiger partial charge on any atom is 0.410 e. The van der Waals surface area contributed by atoms with Crippen LogP contribution in [0.3, 0.4) is 0 Å². The van der Waals surface area contributed by atoms with Crippen LogP contribution in [0.5, 0.6) is 0 Å². The second kappa shape index (κ2) is 3.91. The molecule has 0 aromatic carbocycles. The number of rotatable bonds is 0. The Hall–Kier alpha value is -0.770. The van der Waals surface area contributed by atoms with Gasteiger partial charge in [-0.25, -0.2) is 4.79 Å². The summed E-state index contributed by atoms with van der Waals surface area (Å²) >= 11 is 0. The topological polar surface area (TPSA) is 49.8 Å². The minimum atomic E-state index is -0.438. The monoisotopic (exact) mass is 227 g/mol. The van der Waals surface area contributed by atoms with E-state index in [-0.39, 0.29) is 18.2 Å². The van der Waals surface area contributed by atoms with Crippen molar-refractivity contribution in [2.24, 2.45) is 5.92 Å². The molecule has 1 saturated carbocycles. The number of hydrogen-bond donors (Lipinski definition) is 1. The van der Waals surface area contributed by atoms with Gasteiger partial charge in [0.1, 0.15) is 5.60 Å². The molecule has 3 atom stereocenters. The molecule has 2 rings (SSSR count). The van der Waals surface area contributed by atoms with E-state index in [0.717, 1.165) is 19.4 Å². The maximum absolute atomic E-state index is 11.9. The minimum Gasteiger partial charge on any atom is -0.444 e. The first-order valence-corrected chi connectivity index (χ1v) is 6.04. The number of hydrogen-bond acceptors (Lipinski definition) is 3. The number of likely N-dealkylation sites (tertiary alicyclic amines) is 1. The van der Waals surface area contributed by atoms with E-state index >= 15 is 0 Å². The van der Waals surface area contributed by atoms with Crippen molar-refractivity contribution in [1.29, 1.82) is 0 Å². The molecular weight excluding hydrogens is 206 g/mol. The number of nitrogens with zero attached hydrogens (tertiary/aromatic N) is 1. The number of carbonyl (C=O) groups excluding carboxylic acids is 1. The SMILES string of the molecule is CC(C)(C)OC(=O)N1CC[C@@H]2C[C@H](O)C[C@@H]21. The van der Waals surface area contributed by atoms with Gasteiger partial charge >= 0.3 is 6.09 Å². The zero-order chi connectivity index (χ0) is 11.9. The van der Waals surface area contributed by atoms with Gasteiger partial charge in [-0.1, -0.05) is 0 Å². The summed E-state index contributed by atoms with van der Waals surface area (Å²) in [6, 6.07) is 0.199. The Morgan fingerprint density at radius 2 is 2.06 bits per heavy atom. The molecule has 2 aliphatic rings. The van der Waals surface area contributed by atoms with Crippen LogP contribution in [0.25, 0.3) is 0 Å². The van der Waals surface area contributed by atoms with Crippen molar-refractivity contribution in [2.75, 3.05) is 6.54 Å². The summed E-state index contributed by atoms with van der Waals surface area (Å²) in [6.45, 7) is 6.41. The van der Waals surface area contributed by atoms with Crippen molar-refractivity contribution in [3.05, 3.63) is 0 Å². The molecule has 0 aromatic heterocycles. The third-order valence-corrected chi connectivity index (χ3v) is 3.40. The smallest absolute Gasteiger partial charge is 0.410 e. The Labute approximate surface area is 96.6 Å². The third kappa shape index (κ3) is 2.32. The van der Waals surface area contributed by atoms with Crippen molar-refractivity contribution in [2.45, 2.75) is 57.8 Å². The first kappa shape index (κ1) is 11.7. The fraction of sp³-hybridized carbons (Fsp3) is 0.917. The lowest BCUT2D eigenvalue weighted by molar-refractivity contribution is 0.0206. The Kier molecular flexibility index (Phi) is 2.86. The van der Waals surface area contributed by atoms with Crippen LogP contribution in [-0.4, -0.2) is 40.4 Å². The highest BCUT2D eigenvalue weighted by Crippen LogP contribution is 2.38. The highest BCUT2D eigenvalue weighted by atomic mass is 16.6. The molecule has 0 radical (unpaired) electrons. The van der Waals surface area contributed by atoms with Crippen molar-refractivity contribution in [3.8, 4) is 0 Å². The van der Waals surface area contributed by atoms with Gasteiger partial charge in [-0.2, -0.15) is 0 Å². The predicted octanol–water partition coefficient (Wildman–Crippen LogP) is 1.77. The van der Waals surface area contributed by atoms with Crippen molar-refractivity contribution >= 4 is 6.09 Å². The summed E-state index contributed by atoms with van der Waals surface area (Å²) in [7, 11) is 0. The second-order valence-corrected chi connectivity index (χ2v) is 5.92. The molecule has 4 heteroatoms. The Morgan fingerprint density at radius 3 is 2.69 bits per heavy atom. The van der Waals surface area contributed by atoms with Crippen LogP contribution in [0, 0.1) is 5.92 Å². The van der Waals surface area contributed by atoms with Crippen molar-refractivity contribution < 1.29 is 14.6 Å². The summed E-state index contributed by atoms with van der Waals surface area (Å²) in [5.41, 5.74) is -0.438. The molecule has 0 unspecified atom stereocenters. The van der Waals surface area contributed by atoms with E-state index in [4.69, 9.17) is 4.74 Å². The van der Waals surface area contributed by atoms with Gasteiger partial charge in [0, 0.05) is 12.6 Å². The highest BCUT2D eigenvalue weighted by molar-refractivity contribution is 5.69. The van der Waals surface area contributed by atoms with Gasteiger partial charge in [-0.15, -0.1) is 0 Å². The molecule has 1 amide bonds. The van der Waals surface area contributed by atoms with E-state index in [9.17, 15) is 9.90 Å². The number of aliphatic hydroxyl groups is 1. The van der Waals surface area contributed by atoms with Crippen LogP contribution < -0.4 is 0 Å². The molecule has 1 aliphatic carbocycles. The molecule has 1 aliphatic heterocycles. The second-order valence-electron chi connectivity index (χ2n) is 5.92. The van der Waals surface area contributed by atoms with E-state index in [2.05, 4.69) is 0 Å². The molecule has 0 bridgehead atoms. The lowest BCUT2D eigenvalue weighted by Gasteiger charge is -2.28. The molecule has 92 valence electrons. The number of aliphatic hydroxyl groups excluding tert-OH is 1. The van der Waals surface area contributed by atoms with Crippen molar-refractivity contribution in [1.82, 2.24) is 4.90 Å². The van der Waals surface area contributed by atoms with Gasteiger partial charge in [0.25, 0.3) is 0 Å². The Morgan fingerprint density at radius 1 is 1.38 bits per heavy atom. The summed E-state index contributed by atoms with van der Waals surface area (Å²) in [5, 5.41) is 9.59. The fourth-order valence-electron chi connectivity index (χ4n) is 2.78. The van der Waals surface area contributed by atoms with Gasteiger partial charge in [0.15, 0.2) is 0 Å². The first-order valence-electron chi connectivity index (χ1n) is 6.04. The number of carbonyl (C=O) groups is 1. The van der Waals surface area contributed by atoms with E-state index in [1.807, 2.05) is 20.8 Å². The number of fused-ring (bicyclic) bond motifs is 1. The van der Waals surface area contributed by atoms with Crippen molar-refractivity contribution in [3.63, 3.8) is 0 Å². The van der Waals surface area contributed by atoms with Crippen LogP contribution in [-0.2, 0) is 4.74 Å². The van der Waals surface area contributed by atoms with E-state index in [0.29, 0.717) is 12.3 Å². The quantitative estimate of drug-likeness (QED) is 0.686. The minimum absolute atomic E-state index is 0.199.